The van der Waals surface area contributed by atoms with Gasteiger partial charge in [-0.25, -0.2) is 0 Å². The Morgan fingerprint density at radius 1 is 1.00 bits per heavy atom. The molecule has 1 fully saturated rings. The van der Waals surface area contributed by atoms with E-state index in [9.17, 15) is 9.59 Å². The Bertz CT molecular complexity index is 812. The molecule has 1 aliphatic rings. The van der Waals surface area contributed by atoms with Gasteiger partial charge in [0.05, 0.1) is 12.5 Å². The van der Waals surface area contributed by atoms with Gasteiger partial charge in [0, 0.05) is 19.2 Å². The molecule has 0 atom stereocenters. The molecular weight excluding hydrogens is 354 g/mol. The average Bonchev–Trinajstić information content (AvgIpc) is 3.24. The molecule has 28 heavy (non-hydrogen) atoms. The number of likely N-dealkylation sites (N-methyl/N-ethyl adjacent to an activating group) is 1. The molecule has 0 bridgehead atoms. The predicted octanol–water partition coefficient (Wildman–Crippen LogP) is 3.71. The number of methoxy groups -OCH3 is 1. The molecule has 3 rings (SSSR count). The first-order valence-electron chi connectivity index (χ1n) is 9.65. The minimum atomic E-state index is -0.622. The van der Waals surface area contributed by atoms with Crippen molar-refractivity contribution in [2.45, 2.75) is 37.6 Å². The topological polar surface area (TPSA) is 55.8 Å². The number of amides is 1. The van der Waals surface area contributed by atoms with Gasteiger partial charge in [0.15, 0.2) is 6.61 Å². The van der Waals surface area contributed by atoms with Crippen LogP contribution >= 0.6 is 0 Å². The van der Waals surface area contributed by atoms with E-state index >= 15 is 0 Å². The molecule has 0 radical (unpaired) electrons. The van der Waals surface area contributed by atoms with Gasteiger partial charge in [0.1, 0.15) is 5.75 Å². The highest BCUT2D eigenvalue weighted by Crippen LogP contribution is 2.42. The molecule has 0 heterocycles. The number of esters is 1. The summed E-state index contributed by atoms with van der Waals surface area (Å²) in [4.78, 5) is 27.0. The van der Waals surface area contributed by atoms with Crippen LogP contribution < -0.4 is 4.74 Å². The van der Waals surface area contributed by atoms with Crippen LogP contribution in [0.1, 0.15) is 36.8 Å². The minimum Gasteiger partial charge on any atom is -0.496 e. The standard InChI is InChI=1S/C23H27NO4/c1-24(16-18-10-6-7-13-20(18)27-2)21(25)17-28-22(26)23(14-8-9-15-23)19-11-4-3-5-12-19/h3-7,10-13H,8-9,14-17H2,1-2H3. The fourth-order valence-electron chi connectivity index (χ4n) is 3.90. The van der Waals surface area contributed by atoms with E-state index in [1.807, 2.05) is 54.6 Å². The summed E-state index contributed by atoms with van der Waals surface area (Å²) >= 11 is 0. The number of para-hydroxylation sites is 1. The SMILES string of the molecule is COc1ccccc1CN(C)C(=O)COC(=O)C1(c2ccccc2)CCCC1. The lowest BCUT2D eigenvalue weighted by Crippen LogP contribution is -2.38. The second-order valence-electron chi connectivity index (χ2n) is 7.29. The van der Waals surface area contributed by atoms with E-state index in [4.69, 9.17) is 9.47 Å². The zero-order chi connectivity index (χ0) is 20.0. The van der Waals surface area contributed by atoms with E-state index in [1.165, 1.54) is 0 Å². The first-order chi connectivity index (χ1) is 13.6. The quantitative estimate of drug-likeness (QED) is 0.686. The third kappa shape index (κ3) is 4.19. The van der Waals surface area contributed by atoms with Gasteiger partial charge >= 0.3 is 5.97 Å². The molecule has 0 aliphatic heterocycles. The molecule has 0 N–H and O–H groups in total. The van der Waals surface area contributed by atoms with Crippen LogP contribution in [0.3, 0.4) is 0 Å². The molecule has 2 aromatic carbocycles. The summed E-state index contributed by atoms with van der Waals surface area (Å²) in [6.07, 6.45) is 3.51. The largest absolute Gasteiger partial charge is 0.496 e. The number of carbonyl (C=O) groups excluding carboxylic acids is 2. The van der Waals surface area contributed by atoms with E-state index in [-0.39, 0.29) is 18.5 Å². The third-order valence-electron chi connectivity index (χ3n) is 5.53. The smallest absolute Gasteiger partial charge is 0.317 e. The second-order valence-corrected chi connectivity index (χ2v) is 7.29. The number of benzene rings is 2. The number of ether oxygens (including phenoxy) is 2. The fourth-order valence-corrected chi connectivity index (χ4v) is 3.90. The predicted molar refractivity (Wildman–Crippen MR) is 107 cm³/mol. The highest BCUT2D eigenvalue weighted by atomic mass is 16.5. The maximum Gasteiger partial charge on any atom is 0.317 e. The molecule has 0 unspecified atom stereocenters. The van der Waals surface area contributed by atoms with Crippen LogP contribution in [0.25, 0.3) is 0 Å². The van der Waals surface area contributed by atoms with Crippen LogP contribution in [0.15, 0.2) is 54.6 Å². The summed E-state index contributed by atoms with van der Waals surface area (Å²) in [5.41, 5.74) is 1.26. The zero-order valence-corrected chi connectivity index (χ0v) is 16.5. The monoisotopic (exact) mass is 381 g/mol. The normalized spacial score (nSPS) is 15.1. The van der Waals surface area contributed by atoms with Gasteiger partial charge < -0.3 is 14.4 Å². The Labute approximate surface area is 166 Å². The van der Waals surface area contributed by atoms with Crippen molar-refractivity contribution in [2.75, 3.05) is 20.8 Å². The summed E-state index contributed by atoms with van der Waals surface area (Å²) in [6, 6.07) is 17.3. The minimum absolute atomic E-state index is 0.236. The summed E-state index contributed by atoms with van der Waals surface area (Å²) in [5, 5.41) is 0. The van der Waals surface area contributed by atoms with E-state index in [1.54, 1.807) is 19.1 Å². The Kier molecular flexibility index (Phi) is 6.34. The maximum absolute atomic E-state index is 12.9. The molecule has 0 aromatic heterocycles. The molecule has 5 nitrogen and oxygen atoms in total. The lowest BCUT2D eigenvalue weighted by atomic mass is 9.79. The molecule has 2 aromatic rings. The van der Waals surface area contributed by atoms with E-state index in [0.29, 0.717) is 6.54 Å². The third-order valence-corrected chi connectivity index (χ3v) is 5.53. The number of hydrogen-bond acceptors (Lipinski definition) is 4. The Morgan fingerprint density at radius 2 is 1.64 bits per heavy atom. The fraction of sp³-hybridized carbons (Fsp3) is 0.391. The van der Waals surface area contributed by atoms with Crippen molar-refractivity contribution in [1.82, 2.24) is 4.90 Å². The van der Waals surface area contributed by atoms with Crippen LogP contribution in [-0.4, -0.2) is 37.5 Å². The summed E-state index contributed by atoms with van der Waals surface area (Å²) in [6.45, 7) is 0.142. The number of carbonyl (C=O) groups is 2. The van der Waals surface area contributed by atoms with Gasteiger partial charge in [-0.05, 0) is 24.5 Å². The van der Waals surface area contributed by atoms with Gasteiger partial charge in [-0.1, -0.05) is 61.4 Å². The van der Waals surface area contributed by atoms with Crippen molar-refractivity contribution in [3.05, 3.63) is 65.7 Å². The van der Waals surface area contributed by atoms with Crippen molar-refractivity contribution in [1.29, 1.82) is 0 Å². The van der Waals surface area contributed by atoms with Gasteiger partial charge in [0.25, 0.3) is 5.91 Å². The average molecular weight is 381 g/mol. The van der Waals surface area contributed by atoms with Crippen molar-refractivity contribution in [3.63, 3.8) is 0 Å². The molecular formula is C23H27NO4. The van der Waals surface area contributed by atoms with E-state index in [0.717, 1.165) is 42.6 Å². The van der Waals surface area contributed by atoms with Crippen molar-refractivity contribution in [2.24, 2.45) is 0 Å². The number of hydrogen-bond donors (Lipinski definition) is 0. The molecule has 148 valence electrons. The molecule has 1 saturated carbocycles. The van der Waals surface area contributed by atoms with Crippen molar-refractivity contribution < 1.29 is 19.1 Å². The lowest BCUT2D eigenvalue weighted by Gasteiger charge is -2.27. The Balaban J connectivity index is 1.62. The highest BCUT2D eigenvalue weighted by Gasteiger charge is 2.44. The number of nitrogens with zero attached hydrogens (tertiary/aromatic N) is 1. The molecule has 1 amide bonds. The van der Waals surface area contributed by atoms with Gasteiger partial charge in [-0.2, -0.15) is 0 Å². The van der Waals surface area contributed by atoms with Crippen LogP contribution in [0.4, 0.5) is 0 Å². The van der Waals surface area contributed by atoms with Crippen molar-refractivity contribution in [3.8, 4) is 5.75 Å². The van der Waals surface area contributed by atoms with Crippen LogP contribution in [0.5, 0.6) is 5.75 Å². The maximum atomic E-state index is 12.9. The van der Waals surface area contributed by atoms with Crippen LogP contribution in [0, 0.1) is 0 Å². The van der Waals surface area contributed by atoms with E-state index in [2.05, 4.69) is 0 Å². The van der Waals surface area contributed by atoms with Crippen molar-refractivity contribution >= 4 is 11.9 Å². The Hall–Kier alpha value is -2.82. The van der Waals surface area contributed by atoms with Crippen LogP contribution in [0.2, 0.25) is 0 Å². The molecule has 0 spiro atoms. The first-order valence-corrected chi connectivity index (χ1v) is 9.65. The van der Waals surface area contributed by atoms with Gasteiger partial charge in [0.2, 0.25) is 0 Å². The summed E-state index contributed by atoms with van der Waals surface area (Å²) < 4.78 is 10.8. The van der Waals surface area contributed by atoms with Gasteiger partial charge in [-0.15, -0.1) is 0 Å². The van der Waals surface area contributed by atoms with Gasteiger partial charge in [-0.3, -0.25) is 9.59 Å². The van der Waals surface area contributed by atoms with Crippen LogP contribution in [-0.2, 0) is 26.3 Å². The molecule has 5 heteroatoms. The lowest BCUT2D eigenvalue weighted by molar-refractivity contribution is -0.156. The second kappa shape index (κ2) is 8.91. The molecule has 0 saturated heterocycles. The summed E-state index contributed by atoms with van der Waals surface area (Å²) in [7, 11) is 3.30. The number of rotatable bonds is 7. The summed E-state index contributed by atoms with van der Waals surface area (Å²) in [5.74, 6) is 0.198. The highest BCUT2D eigenvalue weighted by molar-refractivity contribution is 5.86. The Morgan fingerprint density at radius 3 is 2.32 bits per heavy atom. The first kappa shape index (κ1) is 19.9. The zero-order valence-electron chi connectivity index (χ0n) is 16.5. The molecule has 1 aliphatic carbocycles. The van der Waals surface area contributed by atoms with E-state index < -0.39 is 5.41 Å².